The summed E-state index contributed by atoms with van der Waals surface area (Å²) < 4.78 is 11.0. The summed E-state index contributed by atoms with van der Waals surface area (Å²) in [6, 6.07) is 14.6. The van der Waals surface area contributed by atoms with Crippen molar-refractivity contribution in [2.45, 2.75) is 6.92 Å². The standard InChI is InChI=1S/C21H17ClN2O5/c1-2-28-15-6-3-13(4-7-15)20(25)24-23-12-16-8-10-19(29-16)14-5-9-18(22)17(11-14)21(26)27/h3-12H,2H2,1H3,(H,24,25)(H,26,27)/b23-12+. The minimum Gasteiger partial charge on any atom is -0.494 e. The molecule has 0 saturated carbocycles. The Bertz CT molecular complexity index is 1060. The van der Waals surface area contributed by atoms with Gasteiger partial charge in [-0.05, 0) is 61.5 Å². The Morgan fingerprint density at radius 3 is 2.62 bits per heavy atom. The lowest BCUT2D eigenvalue weighted by Gasteiger charge is -2.03. The van der Waals surface area contributed by atoms with Crippen LogP contribution in [0, 0.1) is 0 Å². The quantitative estimate of drug-likeness (QED) is 0.440. The number of hydrogen-bond donors (Lipinski definition) is 2. The van der Waals surface area contributed by atoms with Crippen molar-refractivity contribution >= 4 is 29.7 Å². The monoisotopic (exact) mass is 412 g/mol. The Hall–Kier alpha value is -3.58. The van der Waals surface area contributed by atoms with Crippen molar-refractivity contribution in [1.82, 2.24) is 5.43 Å². The van der Waals surface area contributed by atoms with Gasteiger partial charge in [0.25, 0.3) is 5.91 Å². The van der Waals surface area contributed by atoms with Crippen molar-refractivity contribution in [2.75, 3.05) is 6.61 Å². The number of ether oxygens (including phenoxy) is 1. The van der Waals surface area contributed by atoms with Gasteiger partial charge in [-0.15, -0.1) is 0 Å². The van der Waals surface area contributed by atoms with Gasteiger partial charge < -0.3 is 14.3 Å². The molecular formula is C21H17ClN2O5. The first-order valence-corrected chi connectivity index (χ1v) is 9.05. The lowest BCUT2D eigenvalue weighted by atomic mass is 10.1. The molecule has 0 radical (unpaired) electrons. The molecule has 148 valence electrons. The topological polar surface area (TPSA) is 101 Å². The Labute approximate surface area is 171 Å². The number of hydrazone groups is 1. The summed E-state index contributed by atoms with van der Waals surface area (Å²) in [5.74, 6) is 0.0215. The van der Waals surface area contributed by atoms with Gasteiger partial charge in [0, 0.05) is 11.1 Å². The van der Waals surface area contributed by atoms with E-state index < -0.39 is 5.97 Å². The summed E-state index contributed by atoms with van der Waals surface area (Å²) in [4.78, 5) is 23.3. The van der Waals surface area contributed by atoms with Gasteiger partial charge in [-0.25, -0.2) is 10.2 Å². The van der Waals surface area contributed by atoms with Crippen LogP contribution in [0.25, 0.3) is 11.3 Å². The fraction of sp³-hybridized carbons (Fsp3) is 0.0952. The van der Waals surface area contributed by atoms with Crippen LogP contribution in [0.1, 0.15) is 33.4 Å². The highest BCUT2D eigenvalue weighted by atomic mass is 35.5. The lowest BCUT2D eigenvalue weighted by Crippen LogP contribution is -2.17. The number of carboxylic acids is 1. The molecule has 29 heavy (non-hydrogen) atoms. The number of carbonyl (C=O) groups is 2. The SMILES string of the molecule is CCOc1ccc(C(=O)N/N=C/c2ccc(-c3ccc(Cl)c(C(=O)O)c3)o2)cc1. The molecule has 2 N–H and O–H groups in total. The number of halogens is 1. The van der Waals surface area contributed by atoms with Crippen LogP contribution in [0.4, 0.5) is 0 Å². The maximum atomic E-state index is 12.1. The van der Waals surface area contributed by atoms with E-state index in [0.717, 1.165) is 0 Å². The first kappa shape index (κ1) is 20.2. The molecule has 0 unspecified atom stereocenters. The number of amides is 1. The average molecular weight is 413 g/mol. The van der Waals surface area contributed by atoms with Crippen molar-refractivity contribution in [1.29, 1.82) is 0 Å². The molecule has 0 saturated heterocycles. The third kappa shape index (κ3) is 5.03. The van der Waals surface area contributed by atoms with Gasteiger partial charge in [0.2, 0.25) is 0 Å². The molecule has 8 heteroatoms. The summed E-state index contributed by atoms with van der Waals surface area (Å²) in [5.41, 5.74) is 3.40. The Morgan fingerprint density at radius 1 is 1.17 bits per heavy atom. The normalized spacial score (nSPS) is 10.8. The molecule has 0 aliphatic rings. The summed E-state index contributed by atoms with van der Waals surface area (Å²) in [6.45, 7) is 2.43. The zero-order valence-corrected chi connectivity index (χ0v) is 16.1. The van der Waals surface area contributed by atoms with E-state index >= 15 is 0 Å². The number of hydrogen-bond acceptors (Lipinski definition) is 5. The van der Waals surface area contributed by atoms with E-state index in [4.69, 9.17) is 25.9 Å². The predicted molar refractivity (Wildman–Crippen MR) is 109 cm³/mol. The first-order chi connectivity index (χ1) is 14.0. The number of rotatable bonds is 7. The molecule has 0 spiro atoms. The van der Waals surface area contributed by atoms with Crippen molar-refractivity contribution in [2.24, 2.45) is 5.10 Å². The highest BCUT2D eigenvalue weighted by Gasteiger charge is 2.12. The Balaban J connectivity index is 1.65. The molecule has 1 aromatic heterocycles. The second-order valence-corrected chi connectivity index (χ2v) is 6.27. The van der Waals surface area contributed by atoms with E-state index in [0.29, 0.717) is 35.0 Å². The molecule has 0 fully saturated rings. The number of furan rings is 1. The van der Waals surface area contributed by atoms with Crippen molar-refractivity contribution in [3.63, 3.8) is 0 Å². The number of aromatic carboxylic acids is 1. The largest absolute Gasteiger partial charge is 0.494 e. The summed E-state index contributed by atoms with van der Waals surface area (Å²) >= 11 is 5.88. The highest BCUT2D eigenvalue weighted by Crippen LogP contribution is 2.26. The van der Waals surface area contributed by atoms with Crippen LogP contribution < -0.4 is 10.2 Å². The minimum absolute atomic E-state index is 0.0154. The van der Waals surface area contributed by atoms with Crippen LogP contribution in [-0.2, 0) is 0 Å². The van der Waals surface area contributed by atoms with Gasteiger partial charge in [-0.1, -0.05) is 11.6 Å². The van der Waals surface area contributed by atoms with E-state index in [1.54, 1.807) is 42.5 Å². The summed E-state index contributed by atoms with van der Waals surface area (Å²) in [7, 11) is 0. The van der Waals surface area contributed by atoms with E-state index in [2.05, 4.69) is 10.5 Å². The smallest absolute Gasteiger partial charge is 0.337 e. The van der Waals surface area contributed by atoms with Gasteiger partial charge in [0.15, 0.2) is 0 Å². The molecule has 2 aromatic carbocycles. The molecule has 3 rings (SSSR count). The van der Waals surface area contributed by atoms with E-state index in [-0.39, 0.29) is 16.5 Å². The molecule has 3 aromatic rings. The fourth-order valence-electron chi connectivity index (χ4n) is 2.51. The molecule has 0 bridgehead atoms. The second-order valence-electron chi connectivity index (χ2n) is 5.86. The average Bonchev–Trinajstić information content (AvgIpc) is 3.18. The summed E-state index contributed by atoms with van der Waals surface area (Å²) in [5, 5.41) is 13.2. The number of carbonyl (C=O) groups excluding carboxylic acids is 1. The highest BCUT2D eigenvalue weighted by molar-refractivity contribution is 6.33. The van der Waals surface area contributed by atoms with Crippen LogP contribution in [0.2, 0.25) is 5.02 Å². The van der Waals surface area contributed by atoms with Crippen LogP contribution in [-0.4, -0.2) is 29.8 Å². The van der Waals surface area contributed by atoms with Crippen LogP contribution in [0.5, 0.6) is 5.75 Å². The van der Waals surface area contributed by atoms with Crippen molar-refractivity contribution in [3.05, 3.63) is 76.5 Å². The van der Waals surface area contributed by atoms with Crippen LogP contribution in [0.15, 0.2) is 64.1 Å². The van der Waals surface area contributed by atoms with E-state index in [1.807, 2.05) is 6.92 Å². The third-order valence-corrected chi connectivity index (χ3v) is 4.22. The molecule has 7 nitrogen and oxygen atoms in total. The van der Waals surface area contributed by atoms with Gasteiger partial charge in [-0.2, -0.15) is 5.10 Å². The molecule has 0 aliphatic heterocycles. The van der Waals surface area contributed by atoms with Crippen LogP contribution in [0.3, 0.4) is 0 Å². The van der Waals surface area contributed by atoms with Crippen molar-refractivity contribution < 1.29 is 23.8 Å². The number of carboxylic acid groups (broad SMARTS) is 1. The van der Waals surface area contributed by atoms with Crippen LogP contribution >= 0.6 is 11.6 Å². The van der Waals surface area contributed by atoms with Gasteiger partial charge in [0.05, 0.1) is 23.4 Å². The zero-order valence-electron chi connectivity index (χ0n) is 15.4. The van der Waals surface area contributed by atoms with Gasteiger partial charge in [0.1, 0.15) is 17.3 Å². The second kappa shape index (κ2) is 9.07. The molecule has 1 amide bonds. The number of benzene rings is 2. The van der Waals surface area contributed by atoms with Gasteiger partial charge in [-0.3, -0.25) is 4.79 Å². The fourth-order valence-corrected chi connectivity index (χ4v) is 2.71. The first-order valence-electron chi connectivity index (χ1n) is 8.67. The molecular weight excluding hydrogens is 396 g/mol. The third-order valence-electron chi connectivity index (χ3n) is 3.89. The zero-order chi connectivity index (χ0) is 20.8. The predicted octanol–water partition coefficient (Wildman–Crippen LogP) is 4.46. The summed E-state index contributed by atoms with van der Waals surface area (Å²) in [6.07, 6.45) is 1.35. The maximum absolute atomic E-state index is 12.1. The molecule has 0 atom stereocenters. The molecule has 0 aliphatic carbocycles. The number of nitrogens with one attached hydrogen (secondary N) is 1. The van der Waals surface area contributed by atoms with E-state index in [9.17, 15) is 9.59 Å². The van der Waals surface area contributed by atoms with Gasteiger partial charge >= 0.3 is 5.97 Å². The Kier molecular flexibility index (Phi) is 6.31. The maximum Gasteiger partial charge on any atom is 0.337 e. The minimum atomic E-state index is -1.12. The number of nitrogens with zero attached hydrogens (tertiary/aromatic N) is 1. The Morgan fingerprint density at radius 2 is 1.93 bits per heavy atom. The molecule has 1 heterocycles. The van der Waals surface area contributed by atoms with Crippen molar-refractivity contribution in [3.8, 4) is 17.1 Å². The lowest BCUT2D eigenvalue weighted by molar-refractivity contribution is 0.0697. The van der Waals surface area contributed by atoms with E-state index in [1.165, 1.54) is 18.3 Å².